The summed E-state index contributed by atoms with van der Waals surface area (Å²) in [6.45, 7) is 6.11. The summed E-state index contributed by atoms with van der Waals surface area (Å²) in [5.41, 5.74) is 5.62. The lowest BCUT2D eigenvalue weighted by molar-refractivity contribution is -0.122. The van der Waals surface area contributed by atoms with Crippen molar-refractivity contribution in [3.8, 4) is 0 Å². The third kappa shape index (κ3) is 4.74. The maximum Gasteiger partial charge on any atom is 0.248 e. The SMILES string of the molecule is CC(C)(C)C[C@@H]1N[C@@H](C(=O)Nc2cccc(C(N)=O)c2)[C@@H](c2cccc(Cl)c2F)C12C(=O)Nc1cc(Cl)ccc12. The van der Waals surface area contributed by atoms with Gasteiger partial charge in [-0.2, -0.15) is 0 Å². The first-order valence-corrected chi connectivity index (χ1v) is 13.6. The molecular formula is C30H29Cl2FN4O3. The zero-order valence-electron chi connectivity index (χ0n) is 22.1. The number of anilines is 2. The zero-order chi connectivity index (χ0) is 29.0. The van der Waals surface area contributed by atoms with Crippen LogP contribution in [0.3, 0.4) is 0 Å². The molecule has 2 aliphatic heterocycles. The number of carbonyl (C=O) groups excluding carboxylic acids is 3. The Balaban J connectivity index is 1.71. The largest absolute Gasteiger partial charge is 0.366 e. The summed E-state index contributed by atoms with van der Waals surface area (Å²) < 4.78 is 15.8. The molecule has 5 N–H and O–H groups in total. The van der Waals surface area contributed by atoms with Crippen LogP contribution in [0, 0.1) is 11.2 Å². The van der Waals surface area contributed by atoms with Crippen LogP contribution in [0.1, 0.15) is 54.6 Å². The molecule has 1 fully saturated rings. The number of benzene rings is 3. The molecule has 40 heavy (non-hydrogen) atoms. The van der Waals surface area contributed by atoms with Gasteiger partial charge in [0.05, 0.1) is 11.1 Å². The Hall–Kier alpha value is -3.46. The minimum absolute atomic E-state index is 0.116. The minimum atomic E-state index is -1.37. The Morgan fingerprint density at radius 2 is 1.80 bits per heavy atom. The number of carbonyl (C=O) groups is 3. The number of amides is 3. The van der Waals surface area contributed by atoms with Gasteiger partial charge >= 0.3 is 0 Å². The third-order valence-electron chi connectivity index (χ3n) is 7.64. The number of nitrogens with one attached hydrogen (secondary N) is 3. The maximum absolute atomic E-state index is 15.8. The van der Waals surface area contributed by atoms with Crippen molar-refractivity contribution < 1.29 is 18.8 Å². The van der Waals surface area contributed by atoms with Crippen LogP contribution in [-0.4, -0.2) is 29.8 Å². The molecule has 0 aromatic heterocycles. The molecule has 10 heteroatoms. The molecule has 3 aromatic rings. The first-order chi connectivity index (χ1) is 18.8. The number of primary amides is 1. The highest BCUT2D eigenvalue weighted by Gasteiger charge is 2.66. The van der Waals surface area contributed by atoms with E-state index in [4.69, 9.17) is 28.9 Å². The molecular weight excluding hydrogens is 554 g/mol. The lowest BCUT2D eigenvalue weighted by atomic mass is 9.62. The number of hydrogen-bond donors (Lipinski definition) is 4. The monoisotopic (exact) mass is 582 g/mol. The number of hydrogen-bond acceptors (Lipinski definition) is 4. The van der Waals surface area contributed by atoms with Crippen LogP contribution in [0.15, 0.2) is 60.7 Å². The molecule has 7 nitrogen and oxygen atoms in total. The van der Waals surface area contributed by atoms with Crippen molar-refractivity contribution >= 4 is 52.3 Å². The summed E-state index contributed by atoms with van der Waals surface area (Å²) in [5, 5.41) is 9.51. The number of fused-ring (bicyclic) bond motifs is 2. The smallest absolute Gasteiger partial charge is 0.248 e. The van der Waals surface area contributed by atoms with Gasteiger partial charge in [-0.05, 0) is 59.4 Å². The fraction of sp³-hybridized carbons (Fsp3) is 0.300. The molecule has 2 heterocycles. The minimum Gasteiger partial charge on any atom is -0.366 e. The van der Waals surface area contributed by atoms with Gasteiger partial charge in [0.2, 0.25) is 17.7 Å². The quantitative estimate of drug-likeness (QED) is 0.312. The number of nitrogens with two attached hydrogens (primary N) is 1. The Bertz CT molecular complexity index is 1540. The van der Waals surface area contributed by atoms with Gasteiger partial charge in [0.15, 0.2) is 0 Å². The highest BCUT2D eigenvalue weighted by Crippen LogP contribution is 2.57. The lowest BCUT2D eigenvalue weighted by Gasteiger charge is -2.37. The molecule has 2 aliphatic rings. The molecule has 3 aromatic carbocycles. The predicted molar refractivity (Wildman–Crippen MR) is 154 cm³/mol. The Kier molecular flexibility index (Phi) is 7.15. The molecule has 0 radical (unpaired) electrons. The Labute approximate surface area is 241 Å². The van der Waals surface area contributed by atoms with E-state index in [1.54, 1.807) is 42.5 Å². The molecule has 1 spiro atoms. The molecule has 208 valence electrons. The van der Waals surface area contributed by atoms with Crippen LogP contribution in [-0.2, 0) is 15.0 Å². The first kappa shape index (κ1) is 28.1. The molecule has 0 bridgehead atoms. The summed E-state index contributed by atoms with van der Waals surface area (Å²) in [6.07, 6.45) is 0.488. The predicted octanol–water partition coefficient (Wildman–Crippen LogP) is 5.62. The van der Waals surface area contributed by atoms with Gasteiger partial charge in [-0.3, -0.25) is 14.4 Å². The van der Waals surface area contributed by atoms with E-state index in [0.29, 0.717) is 28.4 Å². The molecule has 5 rings (SSSR count). The fourth-order valence-corrected chi connectivity index (χ4v) is 6.48. The van der Waals surface area contributed by atoms with Crippen molar-refractivity contribution in [3.05, 3.63) is 93.2 Å². The average Bonchev–Trinajstić information content (AvgIpc) is 3.34. The van der Waals surface area contributed by atoms with Gasteiger partial charge in [0.1, 0.15) is 11.2 Å². The third-order valence-corrected chi connectivity index (χ3v) is 8.16. The van der Waals surface area contributed by atoms with E-state index >= 15 is 4.39 Å². The second-order valence-corrected chi connectivity index (χ2v) is 12.4. The summed E-state index contributed by atoms with van der Waals surface area (Å²) in [7, 11) is 0. The summed E-state index contributed by atoms with van der Waals surface area (Å²) in [5.74, 6) is -3.19. The zero-order valence-corrected chi connectivity index (χ0v) is 23.7. The van der Waals surface area contributed by atoms with Crippen LogP contribution in [0.25, 0.3) is 0 Å². The van der Waals surface area contributed by atoms with Crippen LogP contribution in [0.5, 0.6) is 0 Å². The van der Waals surface area contributed by atoms with E-state index < -0.39 is 41.0 Å². The van der Waals surface area contributed by atoms with Gasteiger partial charge in [-0.15, -0.1) is 0 Å². The molecule has 3 amide bonds. The van der Waals surface area contributed by atoms with Crippen molar-refractivity contribution in [3.63, 3.8) is 0 Å². The summed E-state index contributed by atoms with van der Waals surface area (Å²) >= 11 is 12.5. The number of halogens is 3. The molecule has 1 unspecified atom stereocenters. The van der Waals surface area contributed by atoms with Gasteiger partial charge < -0.3 is 21.7 Å². The molecule has 0 saturated carbocycles. The fourth-order valence-electron chi connectivity index (χ4n) is 6.12. The van der Waals surface area contributed by atoms with Crippen molar-refractivity contribution in [2.45, 2.75) is 50.6 Å². The van der Waals surface area contributed by atoms with E-state index in [9.17, 15) is 14.4 Å². The van der Waals surface area contributed by atoms with Crippen molar-refractivity contribution in [2.24, 2.45) is 11.1 Å². The summed E-state index contributed by atoms with van der Waals surface area (Å²) in [4.78, 5) is 39.9. The first-order valence-electron chi connectivity index (χ1n) is 12.8. The second-order valence-electron chi connectivity index (χ2n) is 11.5. The molecule has 1 saturated heterocycles. The van der Waals surface area contributed by atoms with E-state index in [0.717, 1.165) is 0 Å². The normalized spacial score (nSPS) is 23.6. The topological polar surface area (TPSA) is 113 Å². The highest BCUT2D eigenvalue weighted by molar-refractivity contribution is 6.31. The van der Waals surface area contributed by atoms with Gasteiger partial charge in [-0.1, -0.05) is 68.2 Å². The van der Waals surface area contributed by atoms with Crippen LogP contribution in [0.4, 0.5) is 15.8 Å². The Morgan fingerprint density at radius 3 is 2.50 bits per heavy atom. The maximum atomic E-state index is 15.8. The highest BCUT2D eigenvalue weighted by atomic mass is 35.5. The van der Waals surface area contributed by atoms with E-state index in [2.05, 4.69) is 16.0 Å². The van der Waals surface area contributed by atoms with Crippen molar-refractivity contribution in [2.75, 3.05) is 10.6 Å². The van der Waals surface area contributed by atoms with E-state index in [1.165, 1.54) is 18.2 Å². The van der Waals surface area contributed by atoms with Crippen molar-refractivity contribution in [1.82, 2.24) is 5.32 Å². The van der Waals surface area contributed by atoms with Crippen molar-refractivity contribution in [1.29, 1.82) is 0 Å². The molecule has 0 aliphatic carbocycles. The molecule has 4 atom stereocenters. The van der Waals surface area contributed by atoms with Crippen LogP contribution >= 0.6 is 23.2 Å². The van der Waals surface area contributed by atoms with Gasteiger partial charge in [0, 0.05) is 33.9 Å². The van der Waals surface area contributed by atoms with E-state index in [-0.39, 0.29) is 27.5 Å². The van der Waals surface area contributed by atoms with Crippen LogP contribution < -0.4 is 21.7 Å². The summed E-state index contributed by atoms with van der Waals surface area (Å²) in [6, 6.07) is 14.3. The second kappa shape index (κ2) is 10.2. The Morgan fingerprint density at radius 1 is 1.07 bits per heavy atom. The van der Waals surface area contributed by atoms with Crippen LogP contribution in [0.2, 0.25) is 10.0 Å². The van der Waals surface area contributed by atoms with E-state index in [1.807, 2.05) is 20.8 Å². The van der Waals surface area contributed by atoms with Gasteiger partial charge in [-0.25, -0.2) is 4.39 Å². The lowest BCUT2D eigenvalue weighted by Crippen LogP contribution is -2.49. The average molecular weight is 583 g/mol. The standard InChI is InChI=1S/C30H29Cl2FN4O3/c1-29(2,3)14-22-30(19-11-10-16(31)13-21(19)36-28(30)40)23(18-8-5-9-20(32)24(18)33)25(37-22)27(39)35-17-7-4-6-15(12-17)26(34)38/h4-13,22-23,25,37H,14H2,1-3H3,(H2,34,38)(H,35,39)(H,36,40)/t22-,23+,25+,30?/m0/s1. The number of rotatable bonds is 5. The van der Waals surface area contributed by atoms with Gasteiger partial charge in [0.25, 0.3) is 0 Å².